The Hall–Kier alpha value is -2.46. The molecule has 3 aromatic rings. The largest absolute Gasteiger partial charge is 0.368 e. The van der Waals surface area contributed by atoms with E-state index in [0.29, 0.717) is 0 Å². The number of anilines is 1. The van der Waals surface area contributed by atoms with Crippen LogP contribution < -0.4 is 4.90 Å². The fourth-order valence-corrected chi connectivity index (χ4v) is 3.60. The highest BCUT2D eigenvalue weighted by atomic mass is 35.5. The number of amides is 1. The summed E-state index contributed by atoms with van der Waals surface area (Å²) in [6.45, 7) is 3.11. The lowest BCUT2D eigenvalue weighted by atomic mass is 10.2. The summed E-state index contributed by atoms with van der Waals surface area (Å²) in [4.78, 5) is 17.2. The Kier molecular flexibility index (Phi) is 4.14. The minimum Gasteiger partial charge on any atom is -0.368 e. The van der Waals surface area contributed by atoms with Crippen molar-refractivity contribution in [3.05, 3.63) is 65.3 Å². The van der Waals surface area contributed by atoms with Crippen molar-refractivity contribution < 1.29 is 4.79 Å². The van der Waals surface area contributed by atoms with Gasteiger partial charge >= 0.3 is 0 Å². The van der Waals surface area contributed by atoms with Gasteiger partial charge in [-0.25, -0.2) is 0 Å². The van der Waals surface area contributed by atoms with Crippen LogP contribution in [0.15, 0.2) is 54.6 Å². The van der Waals surface area contributed by atoms with E-state index < -0.39 is 0 Å². The number of para-hydroxylation sites is 1. The molecule has 1 saturated heterocycles. The second-order valence-electron chi connectivity index (χ2n) is 6.40. The zero-order valence-corrected chi connectivity index (χ0v) is 14.9. The molecule has 0 radical (unpaired) electrons. The van der Waals surface area contributed by atoms with Gasteiger partial charge in [0.25, 0.3) is 5.91 Å². The number of piperazine rings is 1. The van der Waals surface area contributed by atoms with Crippen LogP contribution >= 0.6 is 11.6 Å². The summed E-state index contributed by atoms with van der Waals surface area (Å²) in [7, 11) is 1.96. The first-order valence-corrected chi connectivity index (χ1v) is 8.85. The highest BCUT2D eigenvalue weighted by Crippen LogP contribution is 2.22. The van der Waals surface area contributed by atoms with Gasteiger partial charge in [-0.3, -0.25) is 4.79 Å². The second kappa shape index (κ2) is 6.45. The number of carbonyl (C=O) groups is 1. The van der Waals surface area contributed by atoms with Gasteiger partial charge in [0.15, 0.2) is 0 Å². The van der Waals surface area contributed by atoms with Gasteiger partial charge in [-0.1, -0.05) is 29.8 Å². The quantitative estimate of drug-likeness (QED) is 0.701. The van der Waals surface area contributed by atoms with E-state index in [-0.39, 0.29) is 5.91 Å². The number of carbonyl (C=O) groups excluding carboxylic acids is 1. The van der Waals surface area contributed by atoms with Gasteiger partial charge in [-0.05, 0) is 36.4 Å². The molecule has 0 saturated carbocycles. The zero-order valence-electron chi connectivity index (χ0n) is 14.2. The fourth-order valence-electron chi connectivity index (χ4n) is 3.48. The van der Waals surface area contributed by atoms with Crippen molar-refractivity contribution in [2.75, 3.05) is 31.1 Å². The number of halogens is 1. The fraction of sp³-hybridized carbons (Fsp3) is 0.250. The molecule has 25 heavy (non-hydrogen) atoms. The van der Waals surface area contributed by atoms with Gasteiger partial charge in [-0.2, -0.15) is 0 Å². The summed E-state index contributed by atoms with van der Waals surface area (Å²) in [5, 5.41) is 1.85. The molecule has 4 rings (SSSR count). The van der Waals surface area contributed by atoms with Gasteiger partial charge < -0.3 is 14.4 Å². The number of benzene rings is 2. The highest BCUT2D eigenvalue weighted by molar-refractivity contribution is 6.30. The first-order chi connectivity index (χ1) is 12.1. The van der Waals surface area contributed by atoms with E-state index in [2.05, 4.69) is 4.90 Å². The predicted molar refractivity (Wildman–Crippen MR) is 102 cm³/mol. The maximum Gasteiger partial charge on any atom is 0.270 e. The third-order valence-corrected chi connectivity index (χ3v) is 5.18. The molecule has 1 fully saturated rings. The molecule has 0 unspecified atom stereocenters. The summed E-state index contributed by atoms with van der Waals surface area (Å²) in [5.41, 5.74) is 2.99. The van der Waals surface area contributed by atoms with E-state index in [4.69, 9.17) is 11.6 Å². The average Bonchev–Trinajstić information content (AvgIpc) is 2.99. The summed E-state index contributed by atoms with van der Waals surface area (Å²) >= 11 is 5.96. The smallest absolute Gasteiger partial charge is 0.270 e. The number of hydrogen-bond acceptors (Lipinski definition) is 2. The van der Waals surface area contributed by atoms with E-state index >= 15 is 0 Å². The minimum atomic E-state index is 0.106. The third kappa shape index (κ3) is 2.98. The Morgan fingerprint density at radius 2 is 1.64 bits per heavy atom. The van der Waals surface area contributed by atoms with Gasteiger partial charge in [0.05, 0.1) is 0 Å². The molecule has 0 bridgehead atoms. The summed E-state index contributed by atoms with van der Waals surface area (Å²) < 4.78 is 1.99. The number of fused-ring (bicyclic) bond motifs is 1. The van der Waals surface area contributed by atoms with Gasteiger partial charge in [0.1, 0.15) is 5.69 Å². The lowest BCUT2D eigenvalue weighted by Gasteiger charge is -2.36. The summed E-state index contributed by atoms with van der Waals surface area (Å²) in [5.74, 6) is 0.106. The zero-order chi connectivity index (χ0) is 17.4. The average molecular weight is 354 g/mol. The molecule has 0 atom stereocenters. The molecule has 1 amide bonds. The monoisotopic (exact) mass is 353 g/mol. The van der Waals surface area contributed by atoms with Crippen molar-refractivity contribution in [2.24, 2.45) is 7.05 Å². The number of aromatic nitrogens is 1. The Bertz CT molecular complexity index is 908. The predicted octanol–water partition coefficient (Wildman–Crippen LogP) is 3.79. The van der Waals surface area contributed by atoms with Crippen molar-refractivity contribution in [3.8, 4) is 0 Å². The summed E-state index contributed by atoms with van der Waals surface area (Å²) in [6.07, 6.45) is 0. The molecule has 1 aromatic heterocycles. The van der Waals surface area contributed by atoms with Crippen LogP contribution in [0, 0.1) is 0 Å². The Morgan fingerprint density at radius 3 is 2.32 bits per heavy atom. The van der Waals surface area contributed by atoms with Gasteiger partial charge in [0, 0.05) is 54.8 Å². The SMILES string of the molecule is Cn1c(C(=O)N2CCN(c3ccc(Cl)cc3)CC2)cc2ccccc21. The molecular formula is C20H20ClN3O. The highest BCUT2D eigenvalue weighted by Gasteiger charge is 2.24. The third-order valence-electron chi connectivity index (χ3n) is 4.93. The Balaban J connectivity index is 1.49. The van der Waals surface area contributed by atoms with Crippen LogP contribution in [0.1, 0.15) is 10.5 Å². The van der Waals surface area contributed by atoms with Crippen molar-refractivity contribution in [1.29, 1.82) is 0 Å². The van der Waals surface area contributed by atoms with Crippen molar-refractivity contribution >= 4 is 34.1 Å². The number of aryl methyl sites for hydroxylation is 1. The van der Waals surface area contributed by atoms with Crippen LogP contribution in [-0.2, 0) is 7.05 Å². The van der Waals surface area contributed by atoms with Crippen LogP contribution in [0.2, 0.25) is 5.02 Å². The molecule has 0 spiro atoms. The van der Waals surface area contributed by atoms with Crippen LogP contribution in [-0.4, -0.2) is 41.6 Å². The lowest BCUT2D eigenvalue weighted by Crippen LogP contribution is -2.49. The van der Waals surface area contributed by atoms with Crippen LogP contribution in [0.3, 0.4) is 0 Å². The Labute approximate surface area is 152 Å². The number of nitrogens with zero attached hydrogens (tertiary/aromatic N) is 3. The van der Waals surface area contributed by atoms with Crippen molar-refractivity contribution in [1.82, 2.24) is 9.47 Å². The minimum absolute atomic E-state index is 0.106. The van der Waals surface area contributed by atoms with E-state index in [9.17, 15) is 4.79 Å². The second-order valence-corrected chi connectivity index (χ2v) is 6.84. The standard InChI is InChI=1S/C20H20ClN3O/c1-22-18-5-3-2-4-15(18)14-19(22)20(25)24-12-10-23(11-13-24)17-8-6-16(21)7-9-17/h2-9,14H,10-13H2,1H3. The maximum atomic E-state index is 12.9. The molecule has 0 aliphatic carbocycles. The number of rotatable bonds is 2. The van der Waals surface area contributed by atoms with E-state index in [0.717, 1.165) is 53.5 Å². The molecule has 2 heterocycles. The van der Waals surface area contributed by atoms with Crippen molar-refractivity contribution in [3.63, 3.8) is 0 Å². The molecule has 2 aromatic carbocycles. The molecule has 1 aliphatic rings. The maximum absolute atomic E-state index is 12.9. The molecule has 5 heteroatoms. The molecular weight excluding hydrogens is 334 g/mol. The van der Waals surface area contributed by atoms with E-state index in [1.54, 1.807) is 0 Å². The van der Waals surface area contributed by atoms with Crippen LogP contribution in [0.25, 0.3) is 10.9 Å². The van der Waals surface area contributed by atoms with Gasteiger partial charge in [-0.15, -0.1) is 0 Å². The number of hydrogen-bond donors (Lipinski definition) is 0. The molecule has 1 aliphatic heterocycles. The topological polar surface area (TPSA) is 28.5 Å². The summed E-state index contributed by atoms with van der Waals surface area (Å²) in [6, 6.07) is 18.0. The lowest BCUT2D eigenvalue weighted by molar-refractivity contribution is 0.0737. The normalized spacial score (nSPS) is 15.0. The van der Waals surface area contributed by atoms with Crippen LogP contribution in [0.5, 0.6) is 0 Å². The molecule has 4 nitrogen and oxygen atoms in total. The Morgan fingerprint density at radius 1 is 0.960 bits per heavy atom. The molecule has 128 valence electrons. The first kappa shape index (κ1) is 16.0. The molecule has 0 N–H and O–H groups in total. The van der Waals surface area contributed by atoms with E-state index in [1.807, 2.05) is 71.1 Å². The first-order valence-electron chi connectivity index (χ1n) is 8.48. The van der Waals surface area contributed by atoms with Crippen LogP contribution in [0.4, 0.5) is 5.69 Å². The van der Waals surface area contributed by atoms with Gasteiger partial charge in [0.2, 0.25) is 0 Å². The van der Waals surface area contributed by atoms with Crippen molar-refractivity contribution in [2.45, 2.75) is 0 Å². The van der Waals surface area contributed by atoms with E-state index in [1.165, 1.54) is 0 Å².